The minimum absolute atomic E-state index is 0.0485. The molecule has 188 valence electrons. The van der Waals surface area contributed by atoms with Crippen LogP contribution in [0.4, 0.5) is 36.3 Å². The Bertz CT molecular complexity index is 1320. The monoisotopic (exact) mass is 510 g/mol. The van der Waals surface area contributed by atoms with Gasteiger partial charge in [0.05, 0.1) is 11.9 Å². The summed E-state index contributed by atoms with van der Waals surface area (Å²) in [7, 11) is -2.11. The lowest BCUT2D eigenvalue weighted by Gasteiger charge is -2.18. The van der Waals surface area contributed by atoms with Crippen molar-refractivity contribution in [1.29, 1.82) is 0 Å². The van der Waals surface area contributed by atoms with Gasteiger partial charge in [0.1, 0.15) is 17.6 Å². The summed E-state index contributed by atoms with van der Waals surface area (Å²) in [5.41, 5.74) is 7.00. The summed E-state index contributed by atoms with van der Waals surface area (Å²) >= 11 is 0. The first-order valence-corrected chi connectivity index (χ1v) is 12.1. The number of nitrogens with one attached hydrogen (secondary N) is 2. The van der Waals surface area contributed by atoms with Gasteiger partial charge in [-0.1, -0.05) is 24.3 Å². The molecule has 0 radical (unpaired) electrons. The van der Waals surface area contributed by atoms with E-state index in [9.17, 15) is 26.7 Å². The van der Waals surface area contributed by atoms with Gasteiger partial charge in [0, 0.05) is 25.5 Å². The Labute approximate surface area is 200 Å². The highest BCUT2D eigenvalue weighted by Gasteiger charge is 2.35. The van der Waals surface area contributed by atoms with Crippen LogP contribution in [0.3, 0.4) is 0 Å². The number of nitrogens with zero attached hydrogens (tertiary/aromatic N) is 3. The molecule has 1 aromatic heterocycles. The molecular formula is C22H25F3N6O3S. The summed E-state index contributed by atoms with van der Waals surface area (Å²) in [6.07, 6.45) is -4.12. The zero-order valence-electron chi connectivity index (χ0n) is 19.1. The molecule has 3 rings (SSSR count). The summed E-state index contributed by atoms with van der Waals surface area (Å²) in [5, 5.41) is 15.0. The van der Waals surface area contributed by atoms with E-state index in [0.717, 1.165) is 10.6 Å². The van der Waals surface area contributed by atoms with Crippen molar-refractivity contribution < 1.29 is 26.7 Å². The number of anilines is 4. The van der Waals surface area contributed by atoms with E-state index in [2.05, 4.69) is 20.6 Å². The second kappa shape index (κ2) is 10.1. The number of halogens is 3. The molecule has 0 aliphatic heterocycles. The Morgan fingerprint density at radius 3 is 2.51 bits per heavy atom. The zero-order valence-corrected chi connectivity index (χ0v) is 19.9. The molecule has 0 saturated heterocycles. The van der Waals surface area contributed by atoms with Crippen molar-refractivity contribution in [2.75, 3.05) is 28.2 Å². The fourth-order valence-electron chi connectivity index (χ4n) is 3.16. The smallest absolute Gasteiger partial charge is 0.375 e. The fourth-order valence-corrected chi connectivity index (χ4v) is 3.65. The van der Waals surface area contributed by atoms with Gasteiger partial charge in [-0.05, 0) is 41.8 Å². The molecule has 0 bridgehead atoms. The molecule has 0 saturated carbocycles. The maximum atomic E-state index is 13.6. The minimum Gasteiger partial charge on any atom is -0.375 e. The number of aliphatic hydroxyl groups excluding tert-OH is 1. The van der Waals surface area contributed by atoms with Crippen molar-refractivity contribution in [3.8, 4) is 0 Å². The quantitative estimate of drug-likeness (QED) is 0.339. The maximum absolute atomic E-state index is 13.6. The van der Waals surface area contributed by atoms with Gasteiger partial charge in [-0.15, -0.1) is 0 Å². The molecule has 0 aliphatic rings. The molecule has 2 aromatic carbocycles. The highest BCUT2D eigenvalue weighted by Crippen LogP contribution is 2.34. The Morgan fingerprint density at radius 1 is 1.20 bits per heavy atom. The van der Waals surface area contributed by atoms with Crippen LogP contribution in [-0.2, 0) is 22.7 Å². The van der Waals surface area contributed by atoms with Crippen LogP contribution in [0.25, 0.3) is 0 Å². The van der Waals surface area contributed by atoms with Crippen LogP contribution < -0.4 is 20.7 Å². The van der Waals surface area contributed by atoms with Gasteiger partial charge in [0.25, 0.3) is 0 Å². The number of sulfonamides is 1. The van der Waals surface area contributed by atoms with E-state index >= 15 is 0 Å². The van der Waals surface area contributed by atoms with Crippen LogP contribution in [-0.4, -0.2) is 36.8 Å². The third-order valence-electron chi connectivity index (χ3n) is 5.16. The van der Waals surface area contributed by atoms with Crippen LogP contribution in [0.15, 0.2) is 48.7 Å². The fraction of sp³-hybridized carbons (Fsp3) is 0.273. The third kappa shape index (κ3) is 6.59. The highest BCUT2D eigenvalue weighted by atomic mass is 32.2. The van der Waals surface area contributed by atoms with Crippen LogP contribution in [0.5, 0.6) is 0 Å². The van der Waals surface area contributed by atoms with Crippen molar-refractivity contribution in [3.63, 3.8) is 0 Å². The summed E-state index contributed by atoms with van der Waals surface area (Å²) in [5.74, 6) is -0.515. The summed E-state index contributed by atoms with van der Waals surface area (Å²) < 4.78 is 65.3. The predicted molar refractivity (Wildman–Crippen MR) is 128 cm³/mol. The van der Waals surface area contributed by atoms with Gasteiger partial charge in [-0.25, -0.2) is 13.4 Å². The molecule has 9 nitrogen and oxygen atoms in total. The van der Waals surface area contributed by atoms with E-state index in [1.54, 1.807) is 49.4 Å². The van der Waals surface area contributed by atoms with Crippen molar-refractivity contribution >= 4 is 33.2 Å². The number of aromatic nitrogens is 2. The van der Waals surface area contributed by atoms with Crippen LogP contribution in [0.1, 0.15) is 28.5 Å². The van der Waals surface area contributed by atoms with Crippen molar-refractivity contribution in [2.45, 2.75) is 25.9 Å². The van der Waals surface area contributed by atoms with E-state index in [1.807, 2.05) is 0 Å². The number of aryl methyl sites for hydroxylation is 1. The van der Waals surface area contributed by atoms with E-state index in [0.29, 0.717) is 34.3 Å². The number of nitrogens with two attached hydrogens (primary N) is 1. The number of aliphatic hydroxyl groups is 1. The Morgan fingerprint density at radius 2 is 1.91 bits per heavy atom. The Kier molecular flexibility index (Phi) is 7.53. The molecule has 35 heavy (non-hydrogen) atoms. The first kappa shape index (κ1) is 26.2. The van der Waals surface area contributed by atoms with Gasteiger partial charge in [0.2, 0.25) is 16.0 Å². The Hall–Kier alpha value is -3.42. The second-order valence-corrected chi connectivity index (χ2v) is 9.87. The average molecular weight is 511 g/mol. The largest absolute Gasteiger partial charge is 0.421 e. The van der Waals surface area contributed by atoms with Gasteiger partial charge in [-0.2, -0.15) is 18.2 Å². The predicted octanol–water partition coefficient (Wildman–Crippen LogP) is 3.50. The lowest BCUT2D eigenvalue weighted by molar-refractivity contribution is -0.137. The van der Waals surface area contributed by atoms with Crippen LogP contribution in [0, 0.1) is 6.92 Å². The topological polar surface area (TPSA) is 133 Å². The summed E-state index contributed by atoms with van der Waals surface area (Å²) in [6.45, 7) is 1.69. The van der Waals surface area contributed by atoms with Crippen molar-refractivity contribution in [1.82, 2.24) is 9.97 Å². The molecular weight excluding hydrogens is 485 g/mol. The van der Waals surface area contributed by atoms with E-state index in [-0.39, 0.29) is 12.5 Å². The molecule has 13 heteroatoms. The Balaban J connectivity index is 1.87. The van der Waals surface area contributed by atoms with Crippen molar-refractivity contribution in [3.05, 3.63) is 70.9 Å². The standard InChI is InChI=1S/C22H25F3N6O3S/c1-13-9-15(19(26)32)7-8-18(13)29-21-28-12-17(22(23,24)25)20(30-21)27-11-14-5-4-6-16(10-14)31(2)35(3,33)34/h4-10,12,19,32H,11,26H2,1-3H3,(H2,27,28,29,30). The maximum Gasteiger partial charge on any atom is 0.421 e. The van der Waals surface area contributed by atoms with E-state index in [4.69, 9.17) is 5.73 Å². The SMILES string of the molecule is Cc1cc(C(N)O)ccc1Nc1ncc(C(F)(F)F)c(NCc2cccc(N(C)S(C)(=O)=O)c2)n1. The first-order chi connectivity index (χ1) is 16.3. The van der Waals surface area contributed by atoms with Gasteiger partial charge in [-0.3, -0.25) is 4.31 Å². The minimum atomic E-state index is -4.70. The number of hydrogen-bond donors (Lipinski definition) is 4. The molecule has 1 unspecified atom stereocenters. The molecule has 0 aliphatic carbocycles. The summed E-state index contributed by atoms with van der Waals surface area (Å²) in [6, 6.07) is 11.2. The number of alkyl halides is 3. The lowest BCUT2D eigenvalue weighted by atomic mass is 10.1. The molecule has 0 spiro atoms. The zero-order chi connectivity index (χ0) is 26.0. The van der Waals surface area contributed by atoms with Crippen LogP contribution >= 0.6 is 0 Å². The number of rotatable bonds is 8. The normalized spacial score (nSPS) is 12.8. The number of hydrogen-bond acceptors (Lipinski definition) is 8. The number of benzene rings is 2. The highest BCUT2D eigenvalue weighted by molar-refractivity contribution is 7.92. The summed E-state index contributed by atoms with van der Waals surface area (Å²) in [4.78, 5) is 7.80. The van der Waals surface area contributed by atoms with Gasteiger partial charge < -0.3 is 21.5 Å². The molecule has 3 aromatic rings. The first-order valence-electron chi connectivity index (χ1n) is 10.3. The molecule has 5 N–H and O–H groups in total. The van der Waals surface area contributed by atoms with E-state index < -0.39 is 33.8 Å². The van der Waals surface area contributed by atoms with E-state index in [1.165, 1.54) is 7.05 Å². The van der Waals surface area contributed by atoms with Crippen LogP contribution in [0.2, 0.25) is 0 Å². The van der Waals surface area contributed by atoms with Crippen molar-refractivity contribution in [2.24, 2.45) is 5.73 Å². The molecule has 1 heterocycles. The average Bonchev–Trinajstić information content (AvgIpc) is 2.77. The third-order valence-corrected chi connectivity index (χ3v) is 6.37. The van der Waals surface area contributed by atoms with Gasteiger partial charge in [0.15, 0.2) is 0 Å². The second-order valence-electron chi connectivity index (χ2n) is 7.85. The lowest BCUT2D eigenvalue weighted by Crippen LogP contribution is -2.24. The molecule has 0 amide bonds. The van der Waals surface area contributed by atoms with Gasteiger partial charge >= 0.3 is 6.18 Å². The molecule has 0 fully saturated rings. The molecule has 1 atom stereocenters.